The molecule has 0 radical (unpaired) electrons. The Balaban J connectivity index is 1.25. The molecule has 0 unspecified atom stereocenters. The second-order valence-corrected chi connectivity index (χ2v) is 13.5. The number of piperidine rings is 1. The van der Waals surface area contributed by atoms with Gasteiger partial charge in [0.15, 0.2) is 0 Å². The van der Waals surface area contributed by atoms with Crippen LogP contribution in [0.25, 0.3) is 10.4 Å². The summed E-state index contributed by atoms with van der Waals surface area (Å²) < 4.78 is 55.0. The summed E-state index contributed by atoms with van der Waals surface area (Å²) in [6.45, 7) is 2.79. The van der Waals surface area contributed by atoms with Gasteiger partial charge in [0, 0.05) is 35.1 Å². The molecule has 0 atom stereocenters. The van der Waals surface area contributed by atoms with Gasteiger partial charge in [0.25, 0.3) is 0 Å². The van der Waals surface area contributed by atoms with Gasteiger partial charge in [-0.1, -0.05) is 42.5 Å². The first-order chi connectivity index (χ1) is 17.6. The van der Waals surface area contributed by atoms with Crippen molar-refractivity contribution >= 4 is 42.9 Å². The summed E-state index contributed by atoms with van der Waals surface area (Å²) in [7, 11) is -7.21. The number of benzene rings is 2. The maximum Gasteiger partial charge on any atom is 0.330 e. The van der Waals surface area contributed by atoms with Crippen LogP contribution in [0, 0.1) is 6.92 Å². The van der Waals surface area contributed by atoms with E-state index in [2.05, 4.69) is 10.0 Å². The summed E-state index contributed by atoms with van der Waals surface area (Å²) in [5.74, 6) is -0.405. The second kappa shape index (κ2) is 10.0. The van der Waals surface area contributed by atoms with Crippen molar-refractivity contribution in [2.24, 2.45) is 0 Å². The van der Waals surface area contributed by atoms with Gasteiger partial charge in [0.05, 0.1) is 17.6 Å². The number of hydrogen-bond acceptors (Lipinski definition) is 7. The molecule has 2 aromatic carbocycles. The smallest absolute Gasteiger partial charge is 0.330 e. The Morgan fingerprint density at radius 1 is 1.11 bits per heavy atom. The van der Waals surface area contributed by atoms with E-state index in [1.807, 2.05) is 61.5 Å². The average molecular weight is 561 g/mol. The van der Waals surface area contributed by atoms with Crippen molar-refractivity contribution in [1.29, 1.82) is 0 Å². The van der Waals surface area contributed by atoms with Crippen LogP contribution in [-0.2, 0) is 26.0 Å². The zero-order valence-electron chi connectivity index (χ0n) is 20.2. The van der Waals surface area contributed by atoms with Crippen LogP contribution in [0.2, 0.25) is 0 Å². The molecule has 196 valence electrons. The average Bonchev–Trinajstić information content (AvgIpc) is 3.36. The molecule has 0 saturated carbocycles. The Kier molecular flexibility index (Phi) is 6.92. The van der Waals surface area contributed by atoms with E-state index in [1.165, 1.54) is 11.3 Å². The van der Waals surface area contributed by atoms with E-state index in [1.54, 1.807) is 9.69 Å². The van der Waals surface area contributed by atoms with E-state index in [4.69, 9.17) is 0 Å². The number of rotatable bonds is 7. The quantitative estimate of drug-likeness (QED) is 0.400. The lowest BCUT2D eigenvalue weighted by molar-refractivity contribution is 0.329. The lowest BCUT2D eigenvalue weighted by Gasteiger charge is -2.32. The van der Waals surface area contributed by atoms with Gasteiger partial charge in [-0.25, -0.2) is 21.8 Å². The van der Waals surface area contributed by atoms with Crippen LogP contribution in [0.4, 0.5) is 11.4 Å². The van der Waals surface area contributed by atoms with E-state index in [0.29, 0.717) is 31.6 Å². The van der Waals surface area contributed by atoms with Crippen molar-refractivity contribution in [2.45, 2.75) is 31.6 Å². The van der Waals surface area contributed by atoms with Crippen LogP contribution in [0.3, 0.4) is 0 Å². The van der Waals surface area contributed by atoms with Crippen LogP contribution < -0.4 is 14.3 Å². The fraction of sp³-hybridized carbons (Fsp3) is 0.280. The Morgan fingerprint density at radius 2 is 1.84 bits per heavy atom. The molecule has 2 aliphatic heterocycles. The minimum Gasteiger partial charge on any atom is -0.493 e. The van der Waals surface area contributed by atoms with Gasteiger partial charge in [-0.05, 0) is 48.6 Å². The number of anilines is 2. The number of nitrogens with zero attached hydrogens (tertiary/aromatic N) is 2. The molecular weight excluding hydrogens is 532 g/mol. The molecule has 3 aromatic rings. The van der Waals surface area contributed by atoms with Gasteiger partial charge in [-0.15, -0.1) is 11.3 Å². The molecule has 0 bridgehead atoms. The van der Waals surface area contributed by atoms with E-state index >= 15 is 0 Å². The Bertz CT molecular complexity index is 1530. The second-order valence-electron chi connectivity index (χ2n) is 9.13. The Morgan fingerprint density at radius 3 is 2.51 bits per heavy atom. The lowest BCUT2D eigenvalue weighted by atomic mass is 10.1. The number of sulfonamides is 1. The molecule has 0 amide bonds. The van der Waals surface area contributed by atoms with Crippen LogP contribution in [0.5, 0.6) is 0 Å². The summed E-state index contributed by atoms with van der Waals surface area (Å²) in [6, 6.07) is 17.3. The molecule has 12 heteroatoms. The predicted molar refractivity (Wildman–Crippen MR) is 147 cm³/mol. The summed E-state index contributed by atoms with van der Waals surface area (Å²) in [4.78, 5) is 0.926. The van der Waals surface area contributed by atoms with Crippen molar-refractivity contribution in [3.63, 3.8) is 0 Å². The molecule has 2 aliphatic rings. The number of nitrogens with one attached hydrogen (secondary N) is 2. The zero-order chi connectivity index (χ0) is 26.2. The molecule has 1 saturated heterocycles. The Hall–Kier alpha value is -3.06. The summed E-state index contributed by atoms with van der Waals surface area (Å²) in [6.07, 6.45) is 2.56. The summed E-state index contributed by atoms with van der Waals surface area (Å²) in [5, 5.41) is 14.9. The maximum absolute atomic E-state index is 12.9. The van der Waals surface area contributed by atoms with E-state index in [9.17, 15) is 21.9 Å². The fourth-order valence-electron chi connectivity index (χ4n) is 4.64. The van der Waals surface area contributed by atoms with Gasteiger partial charge in [-0.3, -0.25) is 0 Å². The number of hydrogen-bond donors (Lipinski definition) is 3. The van der Waals surface area contributed by atoms with E-state index in [0.717, 1.165) is 37.8 Å². The van der Waals surface area contributed by atoms with Gasteiger partial charge < -0.3 is 10.4 Å². The van der Waals surface area contributed by atoms with Gasteiger partial charge in [0.1, 0.15) is 0 Å². The van der Waals surface area contributed by atoms with Crippen LogP contribution >= 0.6 is 11.3 Å². The monoisotopic (exact) mass is 560 g/mol. The Labute approximate surface area is 221 Å². The van der Waals surface area contributed by atoms with Gasteiger partial charge >= 0.3 is 10.2 Å². The first-order valence-electron chi connectivity index (χ1n) is 11.8. The predicted octanol–water partition coefficient (Wildman–Crippen LogP) is 4.14. The minimum absolute atomic E-state index is 0.0142. The zero-order valence-corrected chi connectivity index (χ0v) is 22.6. The highest BCUT2D eigenvalue weighted by Gasteiger charge is 2.31. The van der Waals surface area contributed by atoms with Gasteiger partial charge in [0.2, 0.25) is 15.9 Å². The SMILES string of the molecule is Cc1c(N2C=C(O)NS2(=O)=O)csc1-c1cccc(NC2CCN(S(=O)(=O)Cc3ccccc3)CC2)c1. The maximum atomic E-state index is 12.9. The van der Waals surface area contributed by atoms with E-state index < -0.39 is 26.1 Å². The highest BCUT2D eigenvalue weighted by Crippen LogP contribution is 2.40. The first-order valence-corrected chi connectivity index (χ1v) is 15.7. The standard InChI is InChI=1S/C25H28N4O5S3/c1-18-23(29-15-24(30)27-37(29,33)34)16-35-25(18)20-8-5-9-22(14-20)26-21-10-12-28(13-11-21)36(31,32)17-19-6-3-2-4-7-19/h2-9,14-16,21,26-27,30H,10-13,17H2,1H3. The molecule has 5 rings (SSSR count). The molecule has 0 aliphatic carbocycles. The third-order valence-corrected chi connectivity index (χ3v) is 10.8. The summed E-state index contributed by atoms with van der Waals surface area (Å²) in [5.41, 5.74) is 3.93. The minimum atomic E-state index is -3.85. The van der Waals surface area contributed by atoms with Crippen molar-refractivity contribution < 1.29 is 21.9 Å². The molecule has 3 heterocycles. The highest BCUT2D eigenvalue weighted by molar-refractivity contribution is 7.91. The van der Waals surface area contributed by atoms with Gasteiger partial charge in [-0.2, -0.15) is 8.42 Å². The summed E-state index contributed by atoms with van der Waals surface area (Å²) >= 11 is 1.43. The molecule has 0 spiro atoms. The number of aliphatic hydroxyl groups is 1. The van der Waals surface area contributed by atoms with E-state index in [-0.39, 0.29) is 11.8 Å². The molecular formula is C25H28N4O5S3. The highest BCUT2D eigenvalue weighted by atomic mass is 32.2. The van der Waals surface area contributed by atoms with Crippen LogP contribution in [0.15, 0.2) is 72.1 Å². The first kappa shape index (κ1) is 25.6. The molecule has 37 heavy (non-hydrogen) atoms. The number of thiophene rings is 1. The third-order valence-electron chi connectivity index (χ3n) is 6.52. The fourth-order valence-corrected chi connectivity index (χ4v) is 8.43. The van der Waals surface area contributed by atoms with Crippen LogP contribution in [0.1, 0.15) is 24.0 Å². The van der Waals surface area contributed by atoms with Crippen LogP contribution in [-0.4, -0.2) is 45.4 Å². The normalized spacial score (nSPS) is 18.4. The lowest BCUT2D eigenvalue weighted by Crippen LogP contribution is -2.42. The molecule has 9 nitrogen and oxygen atoms in total. The van der Waals surface area contributed by atoms with Crippen molar-refractivity contribution in [3.8, 4) is 10.4 Å². The number of aliphatic hydroxyl groups excluding tert-OH is 1. The largest absolute Gasteiger partial charge is 0.493 e. The molecule has 1 aromatic heterocycles. The van der Waals surface area contributed by atoms with Crippen molar-refractivity contribution in [3.05, 3.63) is 83.2 Å². The third kappa shape index (κ3) is 5.47. The van der Waals surface area contributed by atoms with Crippen molar-refractivity contribution in [1.82, 2.24) is 9.03 Å². The topological polar surface area (TPSA) is 119 Å². The molecule has 3 N–H and O–H groups in total. The van der Waals surface area contributed by atoms with Crippen molar-refractivity contribution in [2.75, 3.05) is 22.7 Å². The molecule has 1 fully saturated rings.